The highest BCUT2D eigenvalue weighted by atomic mass is 16.5. The zero-order chi connectivity index (χ0) is 18.0. The molecule has 2 aliphatic rings. The summed E-state index contributed by atoms with van der Waals surface area (Å²) in [7, 11) is 2.11. The molecular formula is C18H28N4O3. The summed E-state index contributed by atoms with van der Waals surface area (Å²) in [6.07, 6.45) is 3.37. The van der Waals surface area contributed by atoms with E-state index >= 15 is 0 Å². The number of carbonyl (C=O) groups is 2. The minimum absolute atomic E-state index is 0.0872. The van der Waals surface area contributed by atoms with Gasteiger partial charge in [-0.15, -0.1) is 0 Å². The summed E-state index contributed by atoms with van der Waals surface area (Å²) < 4.78 is 5.18. The molecular weight excluding hydrogens is 320 g/mol. The minimum atomic E-state index is -0.0872. The molecule has 25 heavy (non-hydrogen) atoms. The van der Waals surface area contributed by atoms with Gasteiger partial charge in [-0.05, 0) is 40.2 Å². The molecule has 1 atom stereocenters. The molecule has 3 heterocycles. The van der Waals surface area contributed by atoms with Gasteiger partial charge in [-0.3, -0.25) is 14.5 Å². The Labute approximate surface area is 148 Å². The maximum absolute atomic E-state index is 12.8. The number of carbonyl (C=O) groups excluding carboxylic acids is 2. The number of amides is 2. The van der Waals surface area contributed by atoms with Gasteiger partial charge in [0.1, 0.15) is 5.76 Å². The molecule has 3 rings (SSSR count). The zero-order valence-corrected chi connectivity index (χ0v) is 15.4. The van der Waals surface area contributed by atoms with Crippen molar-refractivity contribution in [3.8, 4) is 0 Å². The third-order valence-corrected chi connectivity index (χ3v) is 5.85. The Kier molecular flexibility index (Phi) is 5.13. The smallest absolute Gasteiger partial charge is 0.223 e. The monoisotopic (exact) mass is 348 g/mol. The highest BCUT2D eigenvalue weighted by Gasteiger charge is 2.41. The van der Waals surface area contributed by atoms with Crippen LogP contribution in [-0.2, 0) is 16.0 Å². The predicted octanol–water partition coefficient (Wildman–Crippen LogP) is 1.04. The largest absolute Gasteiger partial charge is 0.361 e. The van der Waals surface area contributed by atoms with E-state index in [1.807, 2.05) is 18.7 Å². The van der Waals surface area contributed by atoms with Gasteiger partial charge in [0.15, 0.2) is 0 Å². The van der Waals surface area contributed by atoms with Gasteiger partial charge < -0.3 is 14.7 Å². The van der Waals surface area contributed by atoms with Gasteiger partial charge in [0, 0.05) is 50.1 Å². The first-order valence-electron chi connectivity index (χ1n) is 9.09. The van der Waals surface area contributed by atoms with Crippen LogP contribution in [0, 0.1) is 13.8 Å². The van der Waals surface area contributed by atoms with Crippen LogP contribution in [0.2, 0.25) is 0 Å². The Morgan fingerprint density at radius 2 is 2.12 bits per heavy atom. The number of rotatable bonds is 3. The lowest BCUT2D eigenvalue weighted by Crippen LogP contribution is -2.62. The molecule has 138 valence electrons. The topological polar surface area (TPSA) is 78.7 Å². The van der Waals surface area contributed by atoms with Crippen LogP contribution in [0.3, 0.4) is 0 Å². The number of hydrogen-bond acceptors (Lipinski definition) is 5. The second-order valence-electron chi connectivity index (χ2n) is 7.36. The van der Waals surface area contributed by atoms with E-state index in [1.54, 1.807) is 0 Å². The van der Waals surface area contributed by atoms with Gasteiger partial charge in [0.2, 0.25) is 11.8 Å². The van der Waals surface area contributed by atoms with Crippen molar-refractivity contribution in [2.75, 3.05) is 33.2 Å². The molecule has 0 radical (unpaired) electrons. The quantitative estimate of drug-likeness (QED) is 0.883. The summed E-state index contributed by atoms with van der Waals surface area (Å²) in [4.78, 5) is 28.8. The van der Waals surface area contributed by atoms with Crippen molar-refractivity contribution < 1.29 is 14.1 Å². The Balaban J connectivity index is 1.64. The lowest BCUT2D eigenvalue weighted by molar-refractivity contribution is -0.136. The van der Waals surface area contributed by atoms with Crippen LogP contribution in [0.15, 0.2) is 4.52 Å². The van der Waals surface area contributed by atoms with Gasteiger partial charge in [-0.1, -0.05) is 5.16 Å². The van der Waals surface area contributed by atoms with Gasteiger partial charge in [-0.25, -0.2) is 0 Å². The van der Waals surface area contributed by atoms with Crippen molar-refractivity contribution in [1.29, 1.82) is 0 Å². The molecule has 1 N–H and O–H groups in total. The van der Waals surface area contributed by atoms with Crippen LogP contribution in [0.1, 0.15) is 42.7 Å². The van der Waals surface area contributed by atoms with Crippen LogP contribution in [0.5, 0.6) is 0 Å². The van der Waals surface area contributed by atoms with Crippen molar-refractivity contribution in [1.82, 2.24) is 20.3 Å². The van der Waals surface area contributed by atoms with Gasteiger partial charge in [-0.2, -0.15) is 0 Å². The molecule has 2 amide bonds. The number of nitrogens with zero attached hydrogens (tertiary/aromatic N) is 3. The summed E-state index contributed by atoms with van der Waals surface area (Å²) in [5, 5.41) is 6.91. The molecule has 0 saturated carbocycles. The van der Waals surface area contributed by atoms with Crippen molar-refractivity contribution in [3.63, 3.8) is 0 Å². The van der Waals surface area contributed by atoms with Crippen molar-refractivity contribution in [3.05, 3.63) is 17.0 Å². The average molecular weight is 348 g/mol. The first-order valence-corrected chi connectivity index (χ1v) is 9.09. The van der Waals surface area contributed by atoms with Crippen LogP contribution >= 0.6 is 0 Å². The highest BCUT2D eigenvalue weighted by molar-refractivity contribution is 5.77. The number of nitrogens with one attached hydrogen (secondary N) is 1. The number of hydrogen-bond donors (Lipinski definition) is 1. The molecule has 2 fully saturated rings. The standard InChI is InChI=1S/C18H28N4O3/c1-13-15(14(2)25-20-13)4-5-17(24)22-11-10-21(3)18(12-22)7-6-16(23)19-9-8-18/h4-12H2,1-3H3,(H,19,23). The molecule has 1 spiro atoms. The maximum atomic E-state index is 12.8. The Hall–Kier alpha value is -1.89. The van der Waals surface area contributed by atoms with Crippen molar-refractivity contribution in [2.45, 2.75) is 51.5 Å². The van der Waals surface area contributed by atoms with E-state index in [0.29, 0.717) is 32.4 Å². The van der Waals surface area contributed by atoms with Gasteiger partial charge in [0.25, 0.3) is 0 Å². The molecule has 1 aromatic heterocycles. The van der Waals surface area contributed by atoms with Crippen molar-refractivity contribution in [2.24, 2.45) is 0 Å². The molecule has 1 aromatic rings. The molecule has 7 nitrogen and oxygen atoms in total. The number of aryl methyl sites for hydroxylation is 2. The fourth-order valence-corrected chi connectivity index (χ4v) is 4.06. The molecule has 2 saturated heterocycles. The van der Waals surface area contributed by atoms with Gasteiger partial charge >= 0.3 is 0 Å². The molecule has 1 unspecified atom stereocenters. The van der Waals surface area contributed by atoms with E-state index in [2.05, 4.69) is 22.4 Å². The average Bonchev–Trinajstić information content (AvgIpc) is 2.79. The van der Waals surface area contributed by atoms with Crippen LogP contribution in [0.4, 0.5) is 0 Å². The van der Waals surface area contributed by atoms with Crippen LogP contribution in [0.25, 0.3) is 0 Å². The van der Waals surface area contributed by atoms with Crippen molar-refractivity contribution >= 4 is 11.8 Å². The van der Waals surface area contributed by atoms with E-state index in [1.165, 1.54) is 0 Å². The lowest BCUT2D eigenvalue weighted by Gasteiger charge is -2.49. The Morgan fingerprint density at radius 3 is 2.84 bits per heavy atom. The van der Waals surface area contributed by atoms with E-state index in [-0.39, 0.29) is 17.4 Å². The van der Waals surface area contributed by atoms with E-state index in [0.717, 1.165) is 42.9 Å². The van der Waals surface area contributed by atoms with E-state index in [9.17, 15) is 9.59 Å². The third kappa shape index (κ3) is 3.71. The summed E-state index contributed by atoms with van der Waals surface area (Å²) in [5.41, 5.74) is 1.82. The maximum Gasteiger partial charge on any atom is 0.223 e. The Bertz CT molecular complexity index is 637. The summed E-state index contributed by atoms with van der Waals surface area (Å²) in [6.45, 7) is 6.80. The van der Waals surface area contributed by atoms with Gasteiger partial charge in [0.05, 0.1) is 5.69 Å². The minimum Gasteiger partial charge on any atom is -0.361 e. The molecule has 2 aliphatic heterocycles. The number of piperazine rings is 1. The highest BCUT2D eigenvalue weighted by Crippen LogP contribution is 2.30. The lowest BCUT2D eigenvalue weighted by atomic mass is 9.86. The summed E-state index contributed by atoms with van der Waals surface area (Å²) >= 11 is 0. The predicted molar refractivity (Wildman–Crippen MR) is 93.1 cm³/mol. The molecule has 0 aromatic carbocycles. The normalized spacial score (nSPS) is 25.1. The molecule has 0 bridgehead atoms. The first-order chi connectivity index (χ1) is 11.9. The molecule has 7 heteroatoms. The Morgan fingerprint density at radius 1 is 1.32 bits per heavy atom. The second kappa shape index (κ2) is 7.15. The first kappa shape index (κ1) is 17.9. The SMILES string of the molecule is Cc1noc(C)c1CCC(=O)N1CCN(C)C2(CCNC(=O)CC2)C1. The second-order valence-corrected chi connectivity index (χ2v) is 7.36. The van der Waals surface area contributed by atoms with E-state index < -0.39 is 0 Å². The van der Waals surface area contributed by atoms with E-state index in [4.69, 9.17) is 4.52 Å². The fraction of sp³-hybridized carbons (Fsp3) is 0.722. The third-order valence-electron chi connectivity index (χ3n) is 5.85. The summed E-state index contributed by atoms with van der Waals surface area (Å²) in [6, 6.07) is 0. The zero-order valence-electron chi connectivity index (χ0n) is 15.4. The van der Waals surface area contributed by atoms with Crippen LogP contribution in [-0.4, -0.2) is 65.5 Å². The molecule has 0 aliphatic carbocycles. The number of aromatic nitrogens is 1. The summed E-state index contributed by atoms with van der Waals surface area (Å²) in [5.74, 6) is 1.09. The van der Waals surface area contributed by atoms with Crippen LogP contribution < -0.4 is 5.32 Å². The number of likely N-dealkylation sites (N-methyl/N-ethyl adjacent to an activating group) is 1. The fourth-order valence-electron chi connectivity index (χ4n) is 4.06.